The summed E-state index contributed by atoms with van der Waals surface area (Å²) in [5, 5.41) is 0.197. The summed E-state index contributed by atoms with van der Waals surface area (Å²) in [6, 6.07) is 0. The lowest BCUT2D eigenvalue weighted by molar-refractivity contribution is -0.119. The number of carbonyl (C=O) groups excluding carboxylic acids is 1. The molecule has 212 valence electrons. The molecule has 1 aliphatic carbocycles. The molecule has 0 aromatic rings. The molecule has 1 N–H and O–H groups in total. The fourth-order valence-corrected chi connectivity index (χ4v) is 7.73. The molecule has 3 aliphatic rings. The summed E-state index contributed by atoms with van der Waals surface area (Å²) in [7, 11) is -5.35. The van der Waals surface area contributed by atoms with Crippen molar-refractivity contribution in [3.63, 3.8) is 0 Å². The number of rotatable bonds is 12. The van der Waals surface area contributed by atoms with E-state index in [0.717, 1.165) is 31.9 Å². The molecule has 3 fully saturated rings. The van der Waals surface area contributed by atoms with Gasteiger partial charge in [0.1, 0.15) is 0 Å². The van der Waals surface area contributed by atoms with Gasteiger partial charge in [-0.05, 0) is 74.9 Å². The molecule has 8 heteroatoms. The topological polar surface area (TPSA) is 81.7 Å². The maximum Gasteiger partial charge on any atom is 0.233 e. The van der Waals surface area contributed by atoms with Crippen molar-refractivity contribution in [3.05, 3.63) is 24.3 Å². The Morgan fingerprint density at radius 1 is 1.08 bits per heavy atom. The summed E-state index contributed by atoms with van der Waals surface area (Å²) in [4.78, 5) is 11.7. The number of sulfonamides is 1. The van der Waals surface area contributed by atoms with Gasteiger partial charge in [-0.25, -0.2) is 8.42 Å². The van der Waals surface area contributed by atoms with Crippen LogP contribution in [0.2, 0.25) is 18.1 Å². The number of amides is 1. The molecular formula is C29H51NO5SSi. The molecule has 1 amide bonds. The van der Waals surface area contributed by atoms with Crippen LogP contribution in [0.5, 0.6) is 0 Å². The zero-order valence-corrected chi connectivity index (χ0v) is 25.8. The Kier molecular flexibility index (Phi) is 10.7. The SMILES string of the molecule is CC(C)(C)[Si](C)(C)OC(C=C[C@H]1[C@H](CC=CCCCC(=O)NS(C)(=O)=O)[C@H]2CC[C@@H]1O2)C1CCCCC1. The van der Waals surface area contributed by atoms with Crippen LogP contribution in [0.4, 0.5) is 0 Å². The molecule has 37 heavy (non-hydrogen) atoms. The highest BCUT2D eigenvalue weighted by molar-refractivity contribution is 7.89. The van der Waals surface area contributed by atoms with Gasteiger partial charge in [0.2, 0.25) is 15.9 Å². The molecule has 0 aromatic heterocycles. The first-order valence-corrected chi connectivity index (χ1v) is 19.2. The number of hydrogen-bond donors (Lipinski definition) is 1. The lowest BCUT2D eigenvalue weighted by Gasteiger charge is -2.41. The molecule has 1 saturated carbocycles. The van der Waals surface area contributed by atoms with Gasteiger partial charge in [0.05, 0.1) is 24.6 Å². The number of ether oxygens (including phenoxy) is 1. The van der Waals surface area contributed by atoms with Gasteiger partial charge in [-0.2, -0.15) is 0 Å². The number of hydrogen-bond acceptors (Lipinski definition) is 5. The van der Waals surface area contributed by atoms with Gasteiger partial charge in [-0.1, -0.05) is 64.3 Å². The molecule has 1 unspecified atom stereocenters. The van der Waals surface area contributed by atoms with E-state index in [2.05, 4.69) is 58.2 Å². The van der Waals surface area contributed by atoms with Crippen LogP contribution in [-0.4, -0.2) is 47.2 Å². The smallest absolute Gasteiger partial charge is 0.233 e. The van der Waals surface area contributed by atoms with Gasteiger partial charge < -0.3 is 9.16 Å². The van der Waals surface area contributed by atoms with Crippen molar-refractivity contribution >= 4 is 24.2 Å². The average Bonchev–Trinajstić information content (AvgIpc) is 3.39. The standard InChI is InChI=1S/C29H51NO5SSi/c1-29(2,3)37(5,6)35-25(22-14-10-9-11-15-22)19-18-24-23(26-20-21-27(24)34-26)16-12-7-8-13-17-28(31)30-36(4,32)33/h7,12,18-19,22-27H,8-11,13-17,20-21H2,1-6H3,(H,30,31)/t23-,24-,25?,26+,27-/m0/s1. The zero-order valence-electron chi connectivity index (χ0n) is 24.0. The Labute approximate surface area is 227 Å². The van der Waals surface area contributed by atoms with E-state index in [-0.39, 0.29) is 17.6 Å². The fourth-order valence-electron chi connectivity index (χ4n) is 5.91. The van der Waals surface area contributed by atoms with E-state index in [1.54, 1.807) is 0 Å². The molecule has 0 aromatic carbocycles. The third-order valence-electron chi connectivity index (χ3n) is 9.01. The number of allylic oxidation sites excluding steroid dienone is 2. The maximum absolute atomic E-state index is 11.7. The van der Waals surface area contributed by atoms with Crippen LogP contribution in [0.1, 0.15) is 91.4 Å². The van der Waals surface area contributed by atoms with Crippen molar-refractivity contribution in [1.82, 2.24) is 4.72 Å². The minimum atomic E-state index is -3.47. The van der Waals surface area contributed by atoms with E-state index in [9.17, 15) is 13.2 Å². The van der Waals surface area contributed by atoms with Crippen molar-refractivity contribution in [2.45, 2.75) is 128 Å². The summed E-state index contributed by atoms with van der Waals surface area (Å²) in [5.41, 5.74) is 0. The van der Waals surface area contributed by atoms with Gasteiger partial charge in [-0.15, -0.1) is 0 Å². The summed E-state index contributed by atoms with van der Waals surface area (Å²) >= 11 is 0. The Morgan fingerprint density at radius 2 is 1.76 bits per heavy atom. The van der Waals surface area contributed by atoms with Crippen LogP contribution in [-0.2, 0) is 24.0 Å². The summed E-state index contributed by atoms with van der Waals surface area (Å²) in [6.07, 6.45) is 22.5. The minimum Gasteiger partial charge on any atom is -0.410 e. The largest absolute Gasteiger partial charge is 0.410 e. The van der Waals surface area contributed by atoms with E-state index in [4.69, 9.17) is 9.16 Å². The predicted molar refractivity (Wildman–Crippen MR) is 153 cm³/mol. The van der Waals surface area contributed by atoms with Gasteiger partial charge in [-0.3, -0.25) is 9.52 Å². The molecule has 2 heterocycles. The van der Waals surface area contributed by atoms with Crippen molar-refractivity contribution in [1.29, 1.82) is 0 Å². The Balaban J connectivity index is 1.59. The first-order chi connectivity index (χ1) is 17.3. The second-order valence-corrected chi connectivity index (χ2v) is 19.6. The van der Waals surface area contributed by atoms with Crippen molar-refractivity contribution in [2.24, 2.45) is 17.8 Å². The third kappa shape index (κ3) is 9.04. The molecule has 2 bridgehead atoms. The monoisotopic (exact) mass is 553 g/mol. The molecule has 3 rings (SSSR count). The van der Waals surface area contributed by atoms with Crippen LogP contribution in [0.15, 0.2) is 24.3 Å². The molecular weight excluding hydrogens is 502 g/mol. The second kappa shape index (κ2) is 12.9. The maximum atomic E-state index is 11.7. The molecule has 2 aliphatic heterocycles. The van der Waals surface area contributed by atoms with Crippen molar-refractivity contribution < 1.29 is 22.4 Å². The zero-order chi connectivity index (χ0) is 27.3. The van der Waals surface area contributed by atoms with Crippen LogP contribution in [0.3, 0.4) is 0 Å². The first kappa shape index (κ1) is 30.6. The Hall–Kier alpha value is -0.963. The Morgan fingerprint density at radius 3 is 2.41 bits per heavy atom. The number of nitrogens with one attached hydrogen (secondary N) is 1. The average molecular weight is 554 g/mol. The molecule has 0 radical (unpaired) electrons. The Bertz CT molecular complexity index is 917. The van der Waals surface area contributed by atoms with Crippen LogP contribution >= 0.6 is 0 Å². The number of unbranched alkanes of at least 4 members (excludes halogenated alkanes) is 1. The highest BCUT2D eigenvalue weighted by Crippen LogP contribution is 2.46. The summed E-state index contributed by atoms with van der Waals surface area (Å²) in [6.45, 7) is 11.7. The highest BCUT2D eigenvalue weighted by Gasteiger charge is 2.47. The predicted octanol–water partition coefficient (Wildman–Crippen LogP) is 6.50. The highest BCUT2D eigenvalue weighted by atomic mass is 32.2. The van der Waals surface area contributed by atoms with Crippen molar-refractivity contribution in [2.75, 3.05) is 6.26 Å². The van der Waals surface area contributed by atoms with Gasteiger partial charge >= 0.3 is 0 Å². The molecule has 6 nitrogen and oxygen atoms in total. The third-order valence-corrected chi connectivity index (χ3v) is 14.1. The molecule has 5 atom stereocenters. The van der Waals surface area contributed by atoms with E-state index < -0.39 is 24.2 Å². The van der Waals surface area contributed by atoms with Crippen LogP contribution < -0.4 is 4.72 Å². The minimum absolute atomic E-state index is 0.197. The van der Waals surface area contributed by atoms with E-state index >= 15 is 0 Å². The van der Waals surface area contributed by atoms with Crippen LogP contribution in [0, 0.1) is 17.8 Å². The normalized spacial score (nSPS) is 28.4. The fraction of sp³-hybridized carbons (Fsp3) is 0.828. The van der Waals surface area contributed by atoms with Gasteiger partial charge in [0, 0.05) is 12.3 Å². The van der Waals surface area contributed by atoms with E-state index in [1.807, 2.05) is 4.72 Å². The summed E-state index contributed by atoms with van der Waals surface area (Å²) in [5.74, 6) is 1.10. The molecule has 2 saturated heterocycles. The number of carbonyl (C=O) groups is 1. The van der Waals surface area contributed by atoms with E-state index in [0.29, 0.717) is 36.4 Å². The first-order valence-electron chi connectivity index (χ1n) is 14.4. The lowest BCUT2D eigenvalue weighted by Crippen LogP contribution is -2.45. The van der Waals surface area contributed by atoms with Gasteiger partial charge in [0.25, 0.3) is 0 Å². The second-order valence-electron chi connectivity index (χ2n) is 13.1. The van der Waals surface area contributed by atoms with Crippen molar-refractivity contribution in [3.8, 4) is 0 Å². The van der Waals surface area contributed by atoms with E-state index in [1.165, 1.54) is 32.1 Å². The van der Waals surface area contributed by atoms with Crippen LogP contribution in [0.25, 0.3) is 0 Å². The lowest BCUT2D eigenvalue weighted by atomic mass is 9.76. The number of fused-ring (bicyclic) bond motifs is 2. The quantitative estimate of drug-likeness (QED) is 0.169. The molecule has 0 spiro atoms. The van der Waals surface area contributed by atoms with Gasteiger partial charge in [0.15, 0.2) is 8.32 Å². The summed E-state index contributed by atoms with van der Waals surface area (Å²) < 4.78 is 37.7.